The Morgan fingerprint density at radius 3 is 2.16 bits per heavy atom. The number of carbonyl (C=O) groups excluding carboxylic acids is 1. The van der Waals surface area contributed by atoms with Crippen LogP contribution in [0.25, 0.3) is 88.9 Å². The largest absolute Gasteiger partial charge is 0.356 e. The molecule has 1 amide bonds. The van der Waals surface area contributed by atoms with E-state index in [0.717, 1.165) is 171 Å². The van der Waals surface area contributed by atoms with Gasteiger partial charge < -0.3 is 25.1 Å². The fourth-order valence-corrected chi connectivity index (χ4v) is 11.7. The molecule has 17 heteroatoms. The van der Waals surface area contributed by atoms with Crippen molar-refractivity contribution in [3.05, 3.63) is 139 Å². The van der Waals surface area contributed by atoms with Crippen molar-refractivity contribution in [3.63, 3.8) is 0 Å². The molecule has 1 aromatic carbocycles. The second-order valence-corrected chi connectivity index (χ2v) is 20.3. The maximum Gasteiger partial charge on any atom is 0.255 e. The van der Waals surface area contributed by atoms with Crippen molar-refractivity contribution >= 4 is 66.8 Å². The number of carbonyl (C=O) groups is 1. The zero-order valence-corrected chi connectivity index (χ0v) is 41.4. The molecular formula is C58H54N16O. The molecule has 3 aliphatic rings. The van der Waals surface area contributed by atoms with Crippen LogP contribution in [0.4, 0.5) is 17.3 Å². The van der Waals surface area contributed by atoms with E-state index in [1.54, 1.807) is 18.3 Å². The van der Waals surface area contributed by atoms with Gasteiger partial charge in [-0.2, -0.15) is 10.2 Å². The molecule has 0 spiro atoms. The summed E-state index contributed by atoms with van der Waals surface area (Å²) in [5.74, 6) is 1.71. The highest BCUT2D eigenvalue weighted by molar-refractivity contribution is 6.05. The first kappa shape index (κ1) is 44.8. The maximum absolute atomic E-state index is 13.3. The molecular weight excluding hydrogens is 937 g/mol. The van der Waals surface area contributed by atoms with Crippen LogP contribution in [-0.4, -0.2) is 110 Å². The molecule has 0 radical (unpaired) electrons. The van der Waals surface area contributed by atoms with Crippen molar-refractivity contribution in [3.8, 4) is 45.3 Å². The topological polar surface area (TPSA) is 205 Å². The van der Waals surface area contributed by atoms with Crippen LogP contribution in [0.5, 0.6) is 0 Å². The van der Waals surface area contributed by atoms with E-state index < -0.39 is 0 Å². The molecule has 1 unspecified atom stereocenters. The summed E-state index contributed by atoms with van der Waals surface area (Å²) in [5, 5.41) is 23.7. The predicted molar refractivity (Wildman–Crippen MR) is 294 cm³/mol. The minimum absolute atomic E-state index is 0.00362. The number of piperidine rings is 2. The van der Waals surface area contributed by atoms with Gasteiger partial charge in [-0.15, -0.1) is 0 Å². The maximum atomic E-state index is 13.3. The Morgan fingerprint density at radius 2 is 1.33 bits per heavy atom. The second-order valence-electron chi connectivity index (χ2n) is 20.3. The van der Waals surface area contributed by atoms with Crippen LogP contribution in [0.1, 0.15) is 72.5 Å². The van der Waals surface area contributed by atoms with Crippen molar-refractivity contribution in [1.82, 2.24) is 65.2 Å². The predicted octanol–water partition coefficient (Wildman–Crippen LogP) is 10.7. The van der Waals surface area contributed by atoms with Crippen LogP contribution < -0.4 is 15.1 Å². The van der Waals surface area contributed by atoms with E-state index in [4.69, 9.17) is 30.1 Å². The van der Waals surface area contributed by atoms with E-state index in [1.807, 2.05) is 73.6 Å². The lowest BCUT2D eigenvalue weighted by Gasteiger charge is -2.34. The number of likely N-dealkylation sites (tertiary alicyclic amines) is 1. The van der Waals surface area contributed by atoms with Gasteiger partial charge >= 0.3 is 0 Å². The molecule has 1 atom stereocenters. The van der Waals surface area contributed by atoms with Crippen LogP contribution in [0, 0.1) is 0 Å². The lowest BCUT2D eigenvalue weighted by molar-refractivity contribution is 0.102. The molecule has 372 valence electrons. The third-order valence-electron chi connectivity index (χ3n) is 15.4. The van der Waals surface area contributed by atoms with E-state index in [0.29, 0.717) is 17.8 Å². The lowest BCUT2D eigenvalue weighted by atomic mass is 9.92. The van der Waals surface area contributed by atoms with E-state index in [1.165, 1.54) is 24.8 Å². The number of pyridine rings is 6. The number of fused-ring (bicyclic) bond motifs is 4. The average Bonchev–Trinajstić information content (AvgIpc) is 4.36. The smallest absolute Gasteiger partial charge is 0.255 e. The molecule has 3 saturated heterocycles. The average molecular weight is 991 g/mol. The molecule has 0 saturated carbocycles. The first-order chi connectivity index (χ1) is 37.0. The number of aromatic nitrogens is 12. The highest BCUT2D eigenvalue weighted by Gasteiger charge is 2.30. The molecule has 11 aromatic rings. The normalized spacial score (nSPS) is 16.5. The van der Waals surface area contributed by atoms with Gasteiger partial charge in [0, 0.05) is 108 Å². The molecule has 0 aliphatic carbocycles. The van der Waals surface area contributed by atoms with Crippen molar-refractivity contribution in [2.24, 2.45) is 0 Å². The third-order valence-corrected chi connectivity index (χ3v) is 15.4. The zero-order valence-electron chi connectivity index (χ0n) is 41.4. The van der Waals surface area contributed by atoms with Gasteiger partial charge in [0.1, 0.15) is 22.8 Å². The first-order valence-corrected chi connectivity index (χ1v) is 26.2. The summed E-state index contributed by atoms with van der Waals surface area (Å²) in [6.45, 7) is 6.66. The number of rotatable bonds is 11. The molecule has 5 N–H and O–H groups in total. The molecule has 10 aromatic heterocycles. The van der Waals surface area contributed by atoms with E-state index in [2.05, 4.69) is 80.5 Å². The highest BCUT2D eigenvalue weighted by Crippen LogP contribution is 2.41. The number of aromatic amines is 4. The van der Waals surface area contributed by atoms with Gasteiger partial charge in [-0.1, -0.05) is 18.2 Å². The van der Waals surface area contributed by atoms with Crippen LogP contribution in [-0.2, 0) is 6.54 Å². The fraction of sp³-hybridized carbons (Fsp3) is 0.259. The summed E-state index contributed by atoms with van der Waals surface area (Å²) in [7, 11) is 0. The summed E-state index contributed by atoms with van der Waals surface area (Å²) in [4.78, 5) is 57.5. The van der Waals surface area contributed by atoms with Gasteiger partial charge in [0.15, 0.2) is 0 Å². The van der Waals surface area contributed by atoms with E-state index in [-0.39, 0.29) is 11.8 Å². The van der Waals surface area contributed by atoms with Crippen molar-refractivity contribution in [1.29, 1.82) is 0 Å². The number of hydrogen-bond donors (Lipinski definition) is 5. The second kappa shape index (κ2) is 18.9. The molecule has 75 heavy (non-hydrogen) atoms. The monoisotopic (exact) mass is 990 g/mol. The number of nitrogens with one attached hydrogen (secondary N) is 5. The summed E-state index contributed by atoms with van der Waals surface area (Å²) in [6, 6.07) is 26.0. The SMILES string of the molecule is O=C(Nc1cncc(-c2cc3c(-c4cc5c(N6CCCCC6)nccc5[nH]4)[nH]nc3c(C3CCCN(c4nccc5[nH]c(-c6n[nH]c7cnc(-c8cncc(CN9CCCC9)c8)cc67)cc45)C3)n2)c1)c1ccccc1. The first-order valence-electron chi connectivity index (χ1n) is 26.2. The summed E-state index contributed by atoms with van der Waals surface area (Å²) in [5.41, 5.74) is 13.8. The summed E-state index contributed by atoms with van der Waals surface area (Å²) < 4.78 is 0. The van der Waals surface area contributed by atoms with Crippen LogP contribution >= 0.6 is 0 Å². The minimum Gasteiger partial charge on any atom is -0.356 e. The summed E-state index contributed by atoms with van der Waals surface area (Å²) >= 11 is 0. The van der Waals surface area contributed by atoms with Gasteiger partial charge in [-0.05, 0) is 124 Å². The number of benzene rings is 1. The fourth-order valence-electron chi connectivity index (χ4n) is 11.7. The molecule has 13 heterocycles. The molecule has 14 rings (SSSR count). The molecule has 17 nitrogen and oxygen atoms in total. The number of nitrogens with zero attached hydrogens (tertiary/aromatic N) is 11. The standard InChI is InChI=1S/C58H54N16O/c75-58(36-10-3-1-4-11-36)64-40-23-39(30-60-31-40)48-27-44-54(50-25-42-45(66-50)13-15-61-56(42)73-19-5-2-6-20-73)70-71-55(44)52(67-48)37-12-9-21-74(34-37)57-43-26-49(65-46(43)14-16-62-57)53-41-24-47(63-32-51(41)68-69-53)38-22-35(28-59-29-38)33-72-17-7-8-18-72/h1,3-4,10-11,13-16,22-32,37,65-66H,2,5-9,12,17-21,33-34H2,(H,64,75)(H,68,69)(H,70,71). The Hall–Kier alpha value is -8.83. The van der Waals surface area contributed by atoms with Crippen molar-refractivity contribution in [2.45, 2.75) is 57.4 Å². The van der Waals surface area contributed by atoms with Crippen LogP contribution in [0.3, 0.4) is 0 Å². The van der Waals surface area contributed by atoms with Crippen molar-refractivity contribution in [2.75, 3.05) is 54.4 Å². The minimum atomic E-state index is -0.208. The van der Waals surface area contributed by atoms with E-state index in [9.17, 15) is 4.79 Å². The number of amides is 1. The number of anilines is 3. The van der Waals surface area contributed by atoms with Gasteiger partial charge in [0.05, 0.1) is 68.8 Å². The van der Waals surface area contributed by atoms with Gasteiger partial charge in [0.25, 0.3) is 5.91 Å². The molecule has 0 bridgehead atoms. The lowest BCUT2D eigenvalue weighted by Crippen LogP contribution is -2.35. The third kappa shape index (κ3) is 8.48. The van der Waals surface area contributed by atoms with Crippen LogP contribution in [0.2, 0.25) is 0 Å². The van der Waals surface area contributed by atoms with Gasteiger partial charge in [0.2, 0.25) is 0 Å². The Bertz CT molecular complexity index is 3920. The zero-order chi connectivity index (χ0) is 49.8. The summed E-state index contributed by atoms with van der Waals surface area (Å²) in [6.07, 6.45) is 20.9. The molecule has 3 fully saturated rings. The molecule has 3 aliphatic heterocycles. The van der Waals surface area contributed by atoms with Gasteiger partial charge in [-0.3, -0.25) is 39.8 Å². The van der Waals surface area contributed by atoms with Crippen molar-refractivity contribution < 1.29 is 4.79 Å². The van der Waals surface area contributed by atoms with Crippen LogP contribution in [0.15, 0.2) is 122 Å². The number of H-pyrrole nitrogens is 4. The Morgan fingerprint density at radius 1 is 0.613 bits per heavy atom. The van der Waals surface area contributed by atoms with Gasteiger partial charge in [-0.25, -0.2) is 9.97 Å². The Balaban J connectivity index is 0.811. The Kier molecular flexibility index (Phi) is 11.3. The number of hydrogen-bond acceptors (Lipinski definition) is 12. The highest BCUT2D eigenvalue weighted by atomic mass is 16.1. The van der Waals surface area contributed by atoms with E-state index >= 15 is 0 Å². The Labute approximate surface area is 431 Å². The quantitative estimate of drug-likeness (QED) is 0.0821.